The largest absolute Gasteiger partial charge is 0.480 e. The number of carboxylic acid groups (broad SMARTS) is 1. The first kappa shape index (κ1) is 17.7. The third-order valence-electron chi connectivity index (χ3n) is 2.89. The third kappa shape index (κ3) is 4.38. The number of hydrogen-bond acceptors (Lipinski definition) is 3. The van der Waals surface area contributed by atoms with Gasteiger partial charge in [0.25, 0.3) is 0 Å². The molecule has 0 bridgehead atoms. The summed E-state index contributed by atoms with van der Waals surface area (Å²) in [7, 11) is 0. The average Bonchev–Trinajstić information content (AvgIpc) is 2.26. The average molecular weight is 284 g/mol. The second kappa shape index (κ2) is 6.23. The van der Waals surface area contributed by atoms with E-state index in [2.05, 4.69) is 5.32 Å². The molecule has 0 radical (unpaired) electrons. The van der Waals surface area contributed by atoms with Crippen LogP contribution in [-0.4, -0.2) is 40.8 Å². The summed E-state index contributed by atoms with van der Waals surface area (Å²) in [5, 5.41) is 13.0. The molecule has 1 amide bonds. The molecule has 0 rings (SSSR count). The first-order chi connectivity index (χ1) is 8.45. The summed E-state index contributed by atoms with van der Waals surface area (Å²) < 4.78 is 38.2. The second-order valence-corrected chi connectivity index (χ2v) is 4.61. The van der Waals surface area contributed by atoms with Crippen molar-refractivity contribution in [2.24, 2.45) is 0 Å². The van der Waals surface area contributed by atoms with Gasteiger partial charge in [0.1, 0.15) is 0 Å². The van der Waals surface area contributed by atoms with Crippen molar-refractivity contribution in [3.05, 3.63) is 0 Å². The van der Waals surface area contributed by atoms with Crippen molar-refractivity contribution in [3.8, 4) is 0 Å². The van der Waals surface area contributed by atoms with Gasteiger partial charge < -0.3 is 10.4 Å². The summed E-state index contributed by atoms with van der Waals surface area (Å²) in [6.07, 6.45) is -4.39. The Morgan fingerprint density at radius 2 is 1.74 bits per heavy atom. The smallest absolute Gasteiger partial charge is 0.417 e. The van der Waals surface area contributed by atoms with E-state index in [1.165, 1.54) is 6.92 Å². The summed E-state index contributed by atoms with van der Waals surface area (Å²) in [6.45, 7) is 5.18. The van der Waals surface area contributed by atoms with Crippen LogP contribution in [0.1, 0.15) is 34.1 Å². The molecule has 0 aromatic rings. The Balaban J connectivity index is 4.89. The second-order valence-electron chi connectivity index (χ2n) is 4.61. The molecule has 0 aliphatic carbocycles. The van der Waals surface area contributed by atoms with Gasteiger partial charge in [0.15, 0.2) is 0 Å². The van der Waals surface area contributed by atoms with E-state index in [-0.39, 0.29) is 6.04 Å². The maximum atomic E-state index is 12.7. The first-order valence-corrected chi connectivity index (χ1v) is 5.83. The molecule has 19 heavy (non-hydrogen) atoms. The van der Waals surface area contributed by atoms with Crippen LogP contribution in [0, 0.1) is 0 Å². The van der Waals surface area contributed by atoms with E-state index in [1.54, 1.807) is 13.8 Å². The van der Waals surface area contributed by atoms with E-state index in [9.17, 15) is 22.8 Å². The van der Waals surface area contributed by atoms with Gasteiger partial charge in [-0.3, -0.25) is 10.1 Å². The number of nitrogens with one attached hydrogen (secondary N) is 2. The van der Waals surface area contributed by atoms with Crippen LogP contribution < -0.4 is 10.6 Å². The fourth-order valence-corrected chi connectivity index (χ4v) is 1.23. The lowest BCUT2D eigenvalue weighted by Gasteiger charge is -2.31. The lowest BCUT2D eigenvalue weighted by atomic mass is 10.0. The van der Waals surface area contributed by atoms with Crippen LogP contribution in [0.15, 0.2) is 0 Å². The Morgan fingerprint density at radius 3 is 2.05 bits per heavy atom. The lowest BCUT2D eigenvalue weighted by Crippen LogP contribution is -2.64. The van der Waals surface area contributed by atoms with E-state index in [1.807, 2.05) is 5.32 Å². The summed E-state index contributed by atoms with van der Waals surface area (Å²) in [5.74, 6) is -2.76. The Bertz CT molecular complexity index is 347. The molecule has 0 aliphatic heterocycles. The molecule has 8 heteroatoms. The summed E-state index contributed by atoms with van der Waals surface area (Å²) in [4.78, 5) is 22.4. The molecule has 0 fully saturated rings. The van der Waals surface area contributed by atoms with Gasteiger partial charge in [-0.25, -0.2) is 4.79 Å². The fraction of sp³-hybridized carbons (Fsp3) is 0.818. The van der Waals surface area contributed by atoms with Gasteiger partial charge in [-0.05, 0) is 27.2 Å². The van der Waals surface area contributed by atoms with E-state index in [0.717, 1.165) is 0 Å². The molecule has 0 saturated heterocycles. The minimum absolute atomic E-state index is 0.196. The van der Waals surface area contributed by atoms with E-state index in [0.29, 0.717) is 13.3 Å². The number of halogens is 3. The quantitative estimate of drug-likeness (QED) is 0.686. The van der Waals surface area contributed by atoms with E-state index < -0.39 is 29.6 Å². The highest BCUT2D eigenvalue weighted by Crippen LogP contribution is 2.30. The molecule has 0 heterocycles. The van der Waals surface area contributed by atoms with Crippen LogP contribution in [0.4, 0.5) is 13.2 Å². The number of rotatable bonds is 6. The molecule has 0 spiro atoms. The molecular weight excluding hydrogens is 265 g/mol. The predicted octanol–water partition coefficient (Wildman–Crippen LogP) is 1.28. The van der Waals surface area contributed by atoms with Crippen molar-refractivity contribution in [1.29, 1.82) is 0 Å². The third-order valence-corrected chi connectivity index (χ3v) is 2.89. The predicted molar refractivity (Wildman–Crippen MR) is 62.6 cm³/mol. The van der Waals surface area contributed by atoms with Gasteiger partial charge in [-0.2, -0.15) is 13.2 Å². The maximum absolute atomic E-state index is 12.7. The number of carboxylic acids is 1. The van der Waals surface area contributed by atoms with E-state index >= 15 is 0 Å². The van der Waals surface area contributed by atoms with Crippen LogP contribution in [0.25, 0.3) is 0 Å². The Labute approximate surface area is 109 Å². The van der Waals surface area contributed by atoms with Crippen molar-refractivity contribution in [3.63, 3.8) is 0 Å². The zero-order valence-electron chi connectivity index (χ0n) is 11.3. The molecule has 3 atom stereocenters. The Hall–Kier alpha value is -1.31. The highest BCUT2D eigenvalue weighted by molar-refractivity contribution is 5.84. The molecule has 112 valence electrons. The standard InChI is InChI=1S/C11H19F3N2O3/c1-5-6(2)15-8(17)7(3)16-10(4,9(18)19)11(12,13)14/h6-7,16H,5H2,1-4H3,(H,15,17)(H,18,19). The molecule has 0 aromatic carbocycles. The minimum atomic E-state index is -5.01. The van der Waals surface area contributed by atoms with Crippen molar-refractivity contribution < 1.29 is 27.9 Å². The topological polar surface area (TPSA) is 78.4 Å². The summed E-state index contributed by atoms with van der Waals surface area (Å²) >= 11 is 0. The molecule has 3 N–H and O–H groups in total. The summed E-state index contributed by atoms with van der Waals surface area (Å²) in [6, 6.07) is -1.48. The van der Waals surface area contributed by atoms with Gasteiger partial charge >= 0.3 is 12.1 Å². The monoisotopic (exact) mass is 284 g/mol. The van der Waals surface area contributed by atoms with Crippen LogP contribution >= 0.6 is 0 Å². The zero-order chi connectivity index (χ0) is 15.4. The van der Waals surface area contributed by atoms with Gasteiger partial charge in [-0.15, -0.1) is 0 Å². The number of amides is 1. The maximum Gasteiger partial charge on any atom is 0.417 e. The first-order valence-electron chi connectivity index (χ1n) is 5.83. The number of alkyl halides is 3. The highest BCUT2D eigenvalue weighted by atomic mass is 19.4. The van der Waals surface area contributed by atoms with Crippen molar-refractivity contribution >= 4 is 11.9 Å². The Morgan fingerprint density at radius 1 is 1.26 bits per heavy atom. The van der Waals surface area contributed by atoms with Crippen molar-refractivity contribution in [2.75, 3.05) is 0 Å². The number of carbonyl (C=O) groups is 2. The lowest BCUT2D eigenvalue weighted by molar-refractivity contribution is -0.207. The van der Waals surface area contributed by atoms with Crippen LogP contribution in [0.5, 0.6) is 0 Å². The van der Waals surface area contributed by atoms with Crippen molar-refractivity contribution in [2.45, 2.75) is 57.9 Å². The molecule has 3 unspecified atom stereocenters. The molecule has 5 nitrogen and oxygen atoms in total. The number of carbonyl (C=O) groups excluding carboxylic acids is 1. The number of aliphatic carboxylic acids is 1. The SMILES string of the molecule is CCC(C)NC(=O)C(C)NC(C)(C(=O)O)C(F)(F)F. The normalized spacial score (nSPS) is 18.3. The van der Waals surface area contributed by atoms with Crippen LogP contribution in [0.2, 0.25) is 0 Å². The molecule has 0 aliphatic rings. The van der Waals surface area contributed by atoms with Crippen LogP contribution in [0.3, 0.4) is 0 Å². The van der Waals surface area contributed by atoms with E-state index in [4.69, 9.17) is 5.11 Å². The Kier molecular flexibility index (Phi) is 5.80. The molecule has 0 aromatic heterocycles. The zero-order valence-corrected chi connectivity index (χ0v) is 11.3. The fourth-order valence-electron chi connectivity index (χ4n) is 1.23. The minimum Gasteiger partial charge on any atom is -0.480 e. The summed E-state index contributed by atoms with van der Waals surface area (Å²) in [5.41, 5.74) is -3.17. The molecule has 0 saturated carbocycles. The van der Waals surface area contributed by atoms with Gasteiger partial charge in [0, 0.05) is 6.04 Å². The van der Waals surface area contributed by atoms with Gasteiger partial charge in [-0.1, -0.05) is 6.92 Å². The highest BCUT2D eigenvalue weighted by Gasteiger charge is 2.58. The van der Waals surface area contributed by atoms with Crippen molar-refractivity contribution in [1.82, 2.24) is 10.6 Å². The van der Waals surface area contributed by atoms with Crippen LogP contribution in [-0.2, 0) is 9.59 Å². The molecular formula is C11H19F3N2O3. The van der Waals surface area contributed by atoms with Gasteiger partial charge in [0.2, 0.25) is 11.4 Å². The number of hydrogen-bond donors (Lipinski definition) is 3. The van der Waals surface area contributed by atoms with Gasteiger partial charge in [0.05, 0.1) is 6.04 Å².